The highest BCUT2D eigenvalue weighted by Crippen LogP contribution is 2.46. The maximum absolute atomic E-state index is 2.38. The lowest BCUT2D eigenvalue weighted by Crippen LogP contribution is -2.11. The first-order valence-corrected chi connectivity index (χ1v) is 9.43. The molecule has 4 aromatic rings. The van der Waals surface area contributed by atoms with E-state index in [1.165, 1.54) is 44.9 Å². The SMILES string of the molecule is Cc1ccc(N(c2ccccc2)c2cccc3c2-c2ccccc2C3)cc1. The minimum atomic E-state index is 1.01. The predicted octanol–water partition coefficient (Wildman–Crippen LogP) is 7.04. The molecule has 1 aliphatic carbocycles. The highest BCUT2D eigenvalue weighted by Gasteiger charge is 2.24. The fourth-order valence-electron chi connectivity index (χ4n) is 4.05. The Kier molecular flexibility index (Phi) is 3.79. The van der Waals surface area contributed by atoms with E-state index in [-0.39, 0.29) is 0 Å². The summed E-state index contributed by atoms with van der Waals surface area (Å²) in [5.41, 5.74) is 10.4. The van der Waals surface area contributed by atoms with Gasteiger partial charge in [0.15, 0.2) is 0 Å². The third-order valence-corrected chi connectivity index (χ3v) is 5.34. The number of benzene rings is 4. The van der Waals surface area contributed by atoms with E-state index in [1.807, 2.05) is 0 Å². The zero-order chi connectivity index (χ0) is 18.2. The smallest absolute Gasteiger partial charge is 0.0543 e. The molecule has 27 heavy (non-hydrogen) atoms. The molecule has 0 spiro atoms. The molecule has 0 fully saturated rings. The predicted molar refractivity (Wildman–Crippen MR) is 114 cm³/mol. The van der Waals surface area contributed by atoms with Crippen LogP contribution in [-0.2, 0) is 6.42 Å². The van der Waals surface area contributed by atoms with Crippen molar-refractivity contribution < 1.29 is 0 Å². The number of nitrogens with zero attached hydrogens (tertiary/aromatic N) is 1. The number of para-hydroxylation sites is 1. The largest absolute Gasteiger partial charge is 0.310 e. The summed E-state index contributed by atoms with van der Waals surface area (Å²) in [4.78, 5) is 2.38. The van der Waals surface area contributed by atoms with E-state index >= 15 is 0 Å². The summed E-state index contributed by atoms with van der Waals surface area (Å²) < 4.78 is 0. The maximum atomic E-state index is 2.38. The molecule has 0 N–H and O–H groups in total. The summed E-state index contributed by atoms with van der Waals surface area (Å²) >= 11 is 0. The molecule has 0 aliphatic heterocycles. The Balaban J connectivity index is 1.76. The number of rotatable bonds is 3. The van der Waals surface area contributed by atoms with Crippen LogP contribution in [0.15, 0.2) is 97.1 Å². The second-order valence-electron chi connectivity index (χ2n) is 7.15. The molecular weight excluding hydrogens is 326 g/mol. The van der Waals surface area contributed by atoms with Crippen LogP contribution >= 0.6 is 0 Å². The van der Waals surface area contributed by atoms with E-state index in [9.17, 15) is 0 Å². The van der Waals surface area contributed by atoms with Gasteiger partial charge in [0, 0.05) is 16.9 Å². The van der Waals surface area contributed by atoms with Crippen LogP contribution < -0.4 is 4.90 Å². The first-order chi connectivity index (χ1) is 13.3. The first-order valence-electron chi connectivity index (χ1n) is 9.43. The molecular formula is C26H21N. The molecule has 0 saturated carbocycles. The zero-order valence-electron chi connectivity index (χ0n) is 15.4. The van der Waals surface area contributed by atoms with E-state index in [2.05, 4.69) is 109 Å². The molecule has 0 bridgehead atoms. The molecule has 1 heteroatoms. The van der Waals surface area contributed by atoms with Crippen LogP contribution in [-0.4, -0.2) is 0 Å². The Bertz CT molecular complexity index is 1090. The Morgan fingerprint density at radius 1 is 0.593 bits per heavy atom. The molecule has 0 amide bonds. The van der Waals surface area contributed by atoms with E-state index in [1.54, 1.807) is 0 Å². The highest BCUT2D eigenvalue weighted by atomic mass is 15.1. The fraction of sp³-hybridized carbons (Fsp3) is 0.0769. The van der Waals surface area contributed by atoms with Crippen molar-refractivity contribution in [3.63, 3.8) is 0 Å². The topological polar surface area (TPSA) is 3.24 Å². The van der Waals surface area contributed by atoms with Crippen LogP contribution in [0.4, 0.5) is 17.1 Å². The highest BCUT2D eigenvalue weighted by molar-refractivity contribution is 5.93. The van der Waals surface area contributed by atoms with Crippen LogP contribution in [0, 0.1) is 6.92 Å². The molecule has 1 nitrogen and oxygen atoms in total. The van der Waals surface area contributed by atoms with Crippen LogP contribution in [0.1, 0.15) is 16.7 Å². The van der Waals surface area contributed by atoms with Gasteiger partial charge in [-0.3, -0.25) is 0 Å². The summed E-state index contributed by atoms with van der Waals surface area (Å²) in [7, 11) is 0. The van der Waals surface area contributed by atoms with E-state index in [0.717, 1.165) is 6.42 Å². The van der Waals surface area contributed by atoms with Gasteiger partial charge in [-0.15, -0.1) is 0 Å². The van der Waals surface area contributed by atoms with Crippen molar-refractivity contribution in [2.24, 2.45) is 0 Å². The molecule has 5 rings (SSSR count). The van der Waals surface area contributed by atoms with E-state index in [4.69, 9.17) is 0 Å². The summed E-state index contributed by atoms with van der Waals surface area (Å²) in [5, 5.41) is 0. The lowest BCUT2D eigenvalue weighted by molar-refractivity contribution is 1.24. The van der Waals surface area contributed by atoms with Gasteiger partial charge < -0.3 is 4.90 Å². The van der Waals surface area contributed by atoms with Gasteiger partial charge in [-0.2, -0.15) is 0 Å². The molecule has 1 aliphatic rings. The molecule has 0 unspecified atom stereocenters. The number of hydrogen-bond donors (Lipinski definition) is 0. The van der Waals surface area contributed by atoms with Gasteiger partial charge in [0.2, 0.25) is 0 Å². The summed E-state index contributed by atoms with van der Waals surface area (Å²) in [6.45, 7) is 2.13. The van der Waals surface area contributed by atoms with Crippen molar-refractivity contribution in [3.05, 3.63) is 114 Å². The Hall–Kier alpha value is -3.32. The summed E-state index contributed by atoms with van der Waals surface area (Å²) in [6, 6.07) is 34.9. The van der Waals surface area contributed by atoms with Crippen molar-refractivity contribution in [1.29, 1.82) is 0 Å². The van der Waals surface area contributed by atoms with Crippen LogP contribution in [0.25, 0.3) is 11.1 Å². The van der Waals surface area contributed by atoms with Crippen molar-refractivity contribution >= 4 is 17.1 Å². The van der Waals surface area contributed by atoms with Crippen molar-refractivity contribution in [3.8, 4) is 11.1 Å². The van der Waals surface area contributed by atoms with Gasteiger partial charge in [-0.25, -0.2) is 0 Å². The molecule has 4 aromatic carbocycles. The average Bonchev–Trinajstić information content (AvgIpc) is 3.10. The molecule has 0 saturated heterocycles. The molecule has 130 valence electrons. The summed E-state index contributed by atoms with van der Waals surface area (Å²) in [5.74, 6) is 0. The van der Waals surface area contributed by atoms with Crippen molar-refractivity contribution in [2.75, 3.05) is 4.90 Å². The van der Waals surface area contributed by atoms with E-state index < -0.39 is 0 Å². The van der Waals surface area contributed by atoms with Gasteiger partial charge >= 0.3 is 0 Å². The van der Waals surface area contributed by atoms with Gasteiger partial charge in [-0.1, -0.05) is 72.3 Å². The molecule has 0 aromatic heterocycles. The number of hydrogen-bond acceptors (Lipinski definition) is 1. The zero-order valence-corrected chi connectivity index (χ0v) is 15.4. The molecule has 0 atom stereocenters. The summed E-state index contributed by atoms with van der Waals surface area (Å²) in [6.07, 6.45) is 1.01. The second-order valence-corrected chi connectivity index (χ2v) is 7.15. The van der Waals surface area contributed by atoms with Crippen LogP contribution in [0.5, 0.6) is 0 Å². The number of fused-ring (bicyclic) bond motifs is 3. The van der Waals surface area contributed by atoms with Gasteiger partial charge in [0.05, 0.1) is 5.69 Å². The van der Waals surface area contributed by atoms with Crippen LogP contribution in [0.3, 0.4) is 0 Å². The third-order valence-electron chi connectivity index (χ3n) is 5.34. The molecule has 0 heterocycles. The Morgan fingerprint density at radius 2 is 1.26 bits per heavy atom. The van der Waals surface area contributed by atoms with Crippen molar-refractivity contribution in [2.45, 2.75) is 13.3 Å². The minimum Gasteiger partial charge on any atom is -0.310 e. The maximum Gasteiger partial charge on any atom is 0.0543 e. The Morgan fingerprint density at radius 3 is 2.07 bits per heavy atom. The lowest BCUT2D eigenvalue weighted by Gasteiger charge is -2.28. The van der Waals surface area contributed by atoms with Gasteiger partial charge in [0.1, 0.15) is 0 Å². The quantitative estimate of drug-likeness (QED) is 0.338. The standard InChI is InChI=1S/C26H21N/c1-19-14-16-23(17-15-19)27(22-10-3-2-4-11-22)25-13-7-9-21-18-20-8-5-6-12-24(20)26(21)25/h2-17H,18H2,1H3. The number of aryl methyl sites for hydroxylation is 1. The average molecular weight is 347 g/mol. The van der Waals surface area contributed by atoms with Gasteiger partial charge in [-0.05, 0) is 60.4 Å². The van der Waals surface area contributed by atoms with E-state index in [0.29, 0.717) is 0 Å². The van der Waals surface area contributed by atoms with Crippen molar-refractivity contribution in [1.82, 2.24) is 0 Å². The minimum absolute atomic E-state index is 1.01. The van der Waals surface area contributed by atoms with Crippen LogP contribution in [0.2, 0.25) is 0 Å². The second kappa shape index (κ2) is 6.44. The fourth-order valence-corrected chi connectivity index (χ4v) is 4.05. The molecule has 0 radical (unpaired) electrons. The first kappa shape index (κ1) is 15.9. The lowest BCUT2D eigenvalue weighted by atomic mass is 10.0. The number of anilines is 3. The van der Waals surface area contributed by atoms with Gasteiger partial charge in [0.25, 0.3) is 0 Å². The third kappa shape index (κ3) is 2.72. The monoisotopic (exact) mass is 347 g/mol. The normalized spacial score (nSPS) is 11.7. The Labute approximate surface area is 160 Å².